The molecule has 0 bridgehead atoms. The lowest BCUT2D eigenvalue weighted by atomic mass is 9.73. The molecule has 2 rings (SSSR count). The second-order valence-electron chi connectivity index (χ2n) is 32.4. The third-order valence-corrected chi connectivity index (χ3v) is 22.0. The lowest BCUT2D eigenvalue weighted by molar-refractivity contribution is -0.311. The van der Waals surface area contributed by atoms with Crippen LogP contribution in [0.3, 0.4) is 0 Å². The topological polar surface area (TPSA) is 791 Å². The monoisotopic (exact) mass is 1890 g/mol. The number of hydrogen-bond donors (Lipinski definition) is 35. The quantitative estimate of drug-likeness (QED) is 0.0253. The van der Waals surface area contributed by atoms with Crippen LogP contribution in [0.2, 0.25) is 0 Å². The van der Waals surface area contributed by atoms with E-state index >= 15 is 0 Å². The minimum Gasteiger partial charge on any atom is -0.506 e. The fourth-order valence-corrected chi connectivity index (χ4v) is 14.2. The predicted octanol–water partition coefficient (Wildman–Crippen LogP) is 3.06. The molecule has 758 valence electrons. The van der Waals surface area contributed by atoms with Crippen molar-refractivity contribution >= 4 is 0 Å². The Hall–Kier alpha value is -6.60. The molecular formula is C86H150O44. The van der Waals surface area contributed by atoms with Crippen molar-refractivity contribution in [3.05, 3.63) is 116 Å². The van der Waals surface area contributed by atoms with Crippen LogP contribution in [0.5, 0.6) is 0 Å². The van der Waals surface area contributed by atoms with E-state index in [2.05, 4.69) is 13.8 Å². The molecule has 0 saturated carbocycles. The molecule has 1 aromatic rings. The summed E-state index contributed by atoms with van der Waals surface area (Å²) >= 11 is 0. The summed E-state index contributed by atoms with van der Waals surface area (Å²) in [6, 6.07) is 6.11. The average molecular weight is 1890 g/mol. The first-order valence-electron chi connectivity index (χ1n) is 44.1. The molecule has 21 atom stereocenters. The van der Waals surface area contributed by atoms with Gasteiger partial charge >= 0.3 is 0 Å². The zero-order chi connectivity index (χ0) is 97.8. The smallest absolute Gasteiger partial charge is 0.218 e. The predicted molar refractivity (Wildman–Crippen MR) is 457 cm³/mol. The lowest BCUT2D eigenvalue weighted by Crippen LogP contribution is -2.59. The zero-order valence-corrected chi connectivity index (χ0v) is 74.0. The standard InChI is InChI=1S/C86H150O44/c1-3-5-7-9-11-13-15-17-19-23-34-85(46-122-77(115)72(110)63(101)55(30-39-90)126-81(119)69(107)60(98)52(95)27-36-87,47-123-78(116)73(111)64(102)56(31-40-91)127-82(120)70(108)61(99)53(96)28-37-88)43-50-25-21-22-26-51(50)44-86(35-24-20-18-16-14-12-10-8-6-4-2,48-124-79(117)74(112)65(103)57(32-41-92)128-83(121)71(109)62(100)54(97)29-38-89)49-125-80(118)75(113)66(104)58(33-42-93)129-84-76(114)68(106)67(105)59(45-94)130-84/h21-22,25-26,52-59,67-68,76-84,87-121H,3-20,23-24,27-49H2,1-2H3/b69-60-,70-61+,71-62+,72-63-,73-64+,74-65-,75-66+/t52-,53-,54-,55-,56-,57-,58-,59?,67-,68?,76?,77+,78+,79+,80+,81+,82+,83+,84-,85?,86?/m1/s1. The van der Waals surface area contributed by atoms with Gasteiger partial charge in [-0.05, 0) is 36.8 Å². The van der Waals surface area contributed by atoms with Gasteiger partial charge in [-0.15, -0.1) is 0 Å². The van der Waals surface area contributed by atoms with Gasteiger partial charge in [0.05, 0.1) is 33.0 Å². The van der Waals surface area contributed by atoms with E-state index in [0.29, 0.717) is 32.1 Å². The van der Waals surface area contributed by atoms with Gasteiger partial charge in [-0.1, -0.05) is 167 Å². The van der Waals surface area contributed by atoms with Crippen molar-refractivity contribution in [2.24, 2.45) is 10.8 Å². The summed E-state index contributed by atoms with van der Waals surface area (Å²) in [6.07, 6.45) is -33.1. The second kappa shape index (κ2) is 65.1. The van der Waals surface area contributed by atoms with Crippen LogP contribution in [0.25, 0.3) is 0 Å². The first-order valence-corrected chi connectivity index (χ1v) is 44.1. The minimum atomic E-state index is -2.70. The Bertz CT molecular complexity index is 3380. The summed E-state index contributed by atoms with van der Waals surface area (Å²) < 4.78 is 51.1. The van der Waals surface area contributed by atoms with E-state index < -0.39 is 346 Å². The number of hydrogen-bond acceptors (Lipinski definition) is 44. The van der Waals surface area contributed by atoms with Crippen LogP contribution >= 0.6 is 0 Å². The number of aliphatic hydroxyl groups excluding tert-OH is 35. The number of aliphatic hydroxyl groups is 35. The molecule has 0 aromatic heterocycles. The lowest BCUT2D eigenvalue weighted by Gasteiger charge is -2.40. The van der Waals surface area contributed by atoms with Gasteiger partial charge in [0.1, 0.15) is 67.1 Å². The SMILES string of the molecule is CCCCCCCCCCCCC(CO[C@H](O)/C(O)=C(/O)[C@@H](CCO)O[C@H](O)/C(O)=C(\O)[C@H](O)CCO)(CO[C@H](O)/C(O)=C(\O)[C@@H](CCO)O[C@@H]1OC(CO)[C@@H](O)C(O)C1O)Cc1ccccc1CC(CCCCCCCCCCCC)(CO[C@H](O)/C(O)=C(/O)[C@@H](CCO)O[C@H](O)/C(O)=C(/O)[C@H](O)CCO)CO[C@H](O)/C(O)=C(\O)[C@@H](CCO)O[C@H](O)/C(O)=C(\O)[C@H](O)CCO. The summed E-state index contributed by atoms with van der Waals surface area (Å²) in [6.45, 7) is -6.19. The molecule has 35 N–H and O–H groups in total. The van der Waals surface area contributed by atoms with Gasteiger partial charge in [-0.3, -0.25) is 0 Å². The molecule has 0 amide bonds. The molecule has 1 aliphatic rings. The van der Waals surface area contributed by atoms with Crippen LogP contribution in [0.15, 0.2) is 105 Å². The number of benzene rings is 1. The molecule has 5 unspecified atom stereocenters. The molecular weight excluding hydrogens is 1740 g/mol. The molecule has 1 saturated heterocycles. The molecule has 1 heterocycles. The maximum Gasteiger partial charge on any atom is 0.218 e. The largest absolute Gasteiger partial charge is 0.506 e. The van der Waals surface area contributed by atoms with Gasteiger partial charge in [-0.25, -0.2) is 0 Å². The van der Waals surface area contributed by atoms with Crippen LogP contribution in [-0.2, 0) is 55.5 Å². The summed E-state index contributed by atoms with van der Waals surface area (Å²) in [5.41, 5.74) is -3.25. The van der Waals surface area contributed by atoms with Gasteiger partial charge in [-0.2, -0.15) is 0 Å². The molecule has 44 nitrogen and oxygen atoms in total. The van der Waals surface area contributed by atoms with E-state index in [-0.39, 0.29) is 36.8 Å². The van der Waals surface area contributed by atoms with Crippen LogP contribution in [0.4, 0.5) is 0 Å². The van der Waals surface area contributed by atoms with E-state index in [4.69, 9.17) is 42.6 Å². The molecule has 130 heavy (non-hydrogen) atoms. The molecule has 1 aliphatic heterocycles. The number of unbranched alkanes of at least 4 members (excludes halogenated alkanes) is 18. The summed E-state index contributed by atoms with van der Waals surface area (Å²) in [5, 5.41) is 378. The summed E-state index contributed by atoms with van der Waals surface area (Å²) in [5.74, 6) is -19.7. The molecule has 44 heteroatoms. The van der Waals surface area contributed by atoms with Crippen LogP contribution < -0.4 is 0 Å². The van der Waals surface area contributed by atoms with Crippen molar-refractivity contribution in [2.75, 3.05) is 79.3 Å². The molecule has 1 aromatic carbocycles. The van der Waals surface area contributed by atoms with Gasteiger partial charge in [0.25, 0.3) is 0 Å². The molecule has 0 spiro atoms. The second-order valence-corrected chi connectivity index (χ2v) is 32.4. The number of rotatable bonds is 75. The normalized spacial score (nSPS) is 21.5. The minimum absolute atomic E-state index is 0.142. The first kappa shape index (κ1) is 119. The molecule has 0 aliphatic carbocycles. The van der Waals surface area contributed by atoms with Crippen LogP contribution in [0, 0.1) is 10.8 Å². The zero-order valence-electron chi connectivity index (χ0n) is 74.0. The van der Waals surface area contributed by atoms with Gasteiger partial charge in [0, 0.05) is 102 Å². The Morgan fingerprint density at radius 3 is 0.808 bits per heavy atom. The fraction of sp³-hybridized carbons (Fsp3) is 0.767. The van der Waals surface area contributed by atoms with E-state index in [1.807, 2.05) is 0 Å². The summed E-state index contributed by atoms with van der Waals surface area (Å²) in [4.78, 5) is 0. The van der Waals surface area contributed by atoms with Crippen LogP contribution in [0.1, 0.15) is 211 Å². The first-order chi connectivity index (χ1) is 61.8. The molecule has 0 radical (unpaired) electrons. The highest BCUT2D eigenvalue weighted by Crippen LogP contribution is 2.40. The van der Waals surface area contributed by atoms with Crippen molar-refractivity contribution in [1.82, 2.24) is 0 Å². The Balaban J connectivity index is 3.40. The van der Waals surface area contributed by atoms with E-state index in [1.165, 1.54) is 24.3 Å². The third kappa shape index (κ3) is 40.9. The van der Waals surface area contributed by atoms with Crippen molar-refractivity contribution < 1.29 is 221 Å². The highest BCUT2D eigenvalue weighted by Gasteiger charge is 2.47. The van der Waals surface area contributed by atoms with E-state index in [9.17, 15) is 179 Å². The Morgan fingerprint density at radius 1 is 0.300 bits per heavy atom. The van der Waals surface area contributed by atoms with Crippen molar-refractivity contribution in [3.8, 4) is 0 Å². The Morgan fingerprint density at radius 2 is 0.546 bits per heavy atom. The maximum atomic E-state index is 12.0. The number of ether oxygens (including phenoxy) is 9. The van der Waals surface area contributed by atoms with Crippen LogP contribution in [-0.4, -0.2) is 375 Å². The van der Waals surface area contributed by atoms with Crippen molar-refractivity contribution in [3.63, 3.8) is 0 Å². The Kier molecular flexibility index (Phi) is 59.9. The van der Waals surface area contributed by atoms with Gasteiger partial charge in [0.2, 0.25) is 44.0 Å². The highest BCUT2D eigenvalue weighted by molar-refractivity contribution is 5.30. The van der Waals surface area contributed by atoms with Gasteiger partial charge in [0.15, 0.2) is 86.9 Å². The van der Waals surface area contributed by atoms with Crippen molar-refractivity contribution in [2.45, 2.75) is 330 Å². The maximum absolute atomic E-state index is 12.0. The fourth-order valence-electron chi connectivity index (χ4n) is 14.2. The third-order valence-electron chi connectivity index (χ3n) is 22.0. The van der Waals surface area contributed by atoms with Gasteiger partial charge < -0.3 is 221 Å². The van der Waals surface area contributed by atoms with E-state index in [1.54, 1.807) is 0 Å². The summed E-state index contributed by atoms with van der Waals surface area (Å²) in [7, 11) is 0. The molecule has 1 fully saturated rings. The Labute approximate surface area is 755 Å². The van der Waals surface area contributed by atoms with Crippen molar-refractivity contribution in [1.29, 1.82) is 0 Å². The highest BCUT2D eigenvalue weighted by atomic mass is 16.7. The van der Waals surface area contributed by atoms with E-state index in [0.717, 1.165) is 83.5 Å². The average Bonchev–Trinajstić information content (AvgIpc) is 0.800.